The normalized spacial score (nSPS) is 9.55. The molecular formula is C8H11NO2. The van der Waals surface area contributed by atoms with E-state index in [1.807, 2.05) is 6.92 Å². The predicted molar refractivity (Wildman–Crippen MR) is 41.6 cm³/mol. The topological polar surface area (TPSA) is 35.3 Å². The summed E-state index contributed by atoms with van der Waals surface area (Å²) in [4.78, 5) is 0. The Labute approximate surface area is 65.6 Å². The molecule has 3 heteroatoms. The minimum absolute atomic E-state index is 0.468. The summed E-state index contributed by atoms with van der Waals surface area (Å²) in [6.07, 6.45) is 2.50. The lowest BCUT2D eigenvalue weighted by Gasteiger charge is -1.92. The highest BCUT2D eigenvalue weighted by Crippen LogP contribution is 2.10. The summed E-state index contributed by atoms with van der Waals surface area (Å²) in [7, 11) is 0. The molecule has 0 aliphatic carbocycles. The smallest absolute Gasteiger partial charge is 0.254 e. The first-order chi connectivity index (χ1) is 5.36. The molecule has 0 radical (unpaired) electrons. The Kier molecular flexibility index (Phi) is 2.72. The van der Waals surface area contributed by atoms with Gasteiger partial charge in [-0.05, 0) is 5.16 Å². The SMILES string of the molecule is C=CCOc1cc(CC)on1. The molecule has 1 aromatic heterocycles. The molecule has 0 aromatic carbocycles. The zero-order valence-electron chi connectivity index (χ0n) is 6.54. The van der Waals surface area contributed by atoms with E-state index < -0.39 is 0 Å². The van der Waals surface area contributed by atoms with Crippen LogP contribution in [0.5, 0.6) is 5.88 Å². The van der Waals surface area contributed by atoms with Crippen LogP contribution >= 0.6 is 0 Å². The Bertz CT molecular complexity index is 230. The Morgan fingerprint density at radius 1 is 1.82 bits per heavy atom. The van der Waals surface area contributed by atoms with Gasteiger partial charge in [-0.25, -0.2) is 0 Å². The molecule has 3 nitrogen and oxygen atoms in total. The minimum Gasteiger partial charge on any atom is -0.471 e. The summed E-state index contributed by atoms with van der Waals surface area (Å²) >= 11 is 0. The third-order valence-corrected chi connectivity index (χ3v) is 1.23. The number of ether oxygens (including phenoxy) is 1. The highest BCUT2D eigenvalue weighted by molar-refractivity contribution is 5.10. The van der Waals surface area contributed by atoms with Gasteiger partial charge in [-0.1, -0.05) is 19.6 Å². The van der Waals surface area contributed by atoms with Crippen LogP contribution in [-0.2, 0) is 6.42 Å². The van der Waals surface area contributed by atoms with Crippen LogP contribution in [0.2, 0.25) is 0 Å². The van der Waals surface area contributed by atoms with E-state index in [0.29, 0.717) is 12.5 Å². The average Bonchev–Trinajstić information content (AvgIpc) is 2.48. The lowest BCUT2D eigenvalue weighted by atomic mass is 10.4. The zero-order valence-corrected chi connectivity index (χ0v) is 6.54. The number of hydrogen-bond acceptors (Lipinski definition) is 3. The molecule has 1 heterocycles. The van der Waals surface area contributed by atoms with Crippen molar-refractivity contribution in [3.63, 3.8) is 0 Å². The maximum atomic E-state index is 5.11. The fraction of sp³-hybridized carbons (Fsp3) is 0.375. The van der Waals surface area contributed by atoms with Gasteiger partial charge in [0.2, 0.25) is 0 Å². The molecule has 0 spiro atoms. The van der Waals surface area contributed by atoms with Crippen molar-refractivity contribution in [2.45, 2.75) is 13.3 Å². The van der Waals surface area contributed by atoms with E-state index >= 15 is 0 Å². The van der Waals surface area contributed by atoms with Gasteiger partial charge in [-0.2, -0.15) is 0 Å². The molecule has 0 N–H and O–H groups in total. The molecule has 0 unspecified atom stereocenters. The standard InChI is InChI=1S/C8H11NO2/c1-3-5-10-8-6-7(4-2)11-9-8/h3,6H,1,4-5H2,2H3. The predicted octanol–water partition coefficient (Wildman–Crippen LogP) is 1.80. The van der Waals surface area contributed by atoms with Gasteiger partial charge >= 0.3 is 0 Å². The molecule has 0 atom stereocenters. The second kappa shape index (κ2) is 3.81. The van der Waals surface area contributed by atoms with Crippen LogP contribution in [0.1, 0.15) is 12.7 Å². The summed E-state index contributed by atoms with van der Waals surface area (Å²) in [5.41, 5.74) is 0. The van der Waals surface area contributed by atoms with Crippen LogP contribution in [0, 0.1) is 0 Å². The fourth-order valence-corrected chi connectivity index (χ4v) is 0.673. The Hall–Kier alpha value is -1.25. The first-order valence-electron chi connectivity index (χ1n) is 3.56. The van der Waals surface area contributed by atoms with Gasteiger partial charge < -0.3 is 9.26 Å². The van der Waals surface area contributed by atoms with Crippen molar-refractivity contribution < 1.29 is 9.26 Å². The van der Waals surface area contributed by atoms with E-state index in [4.69, 9.17) is 9.26 Å². The molecule has 0 aliphatic rings. The van der Waals surface area contributed by atoms with Crippen molar-refractivity contribution in [3.05, 3.63) is 24.5 Å². The number of aryl methyl sites for hydroxylation is 1. The van der Waals surface area contributed by atoms with E-state index in [1.165, 1.54) is 0 Å². The van der Waals surface area contributed by atoms with Gasteiger partial charge in [0.05, 0.1) is 0 Å². The molecule has 0 fully saturated rings. The first kappa shape index (κ1) is 7.85. The number of rotatable bonds is 4. The van der Waals surface area contributed by atoms with E-state index in [1.54, 1.807) is 12.1 Å². The van der Waals surface area contributed by atoms with Crippen LogP contribution in [0.4, 0.5) is 0 Å². The quantitative estimate of drug-likeness (QED) is 0.619. The summed E-state index contributed by atoms with van der Waals surface area (Å²) in [5.74, 6) is 1.37. The largest absolute Gasteiger partial charge is 0.471 e. The van der Waals surface area contributed by atoms with Crippen LogP contribution in [0.25, 0.3) is 0 Å². The lowest BCUT2D eigenvalue weighted by Crippen LogP contribution is -1.91. The summed E-state index contributed by atoms with van der Waals surface area (Å²) in [6, 6.07) is 1.78. The van der Waals surface area contributed by atoms with Gasteiger partial charge in [-0.15, -0.1) is 0 Å². The summed E-state index contributed by atoms with van der Waals surface area (Å²) in [5, 5.41) is 3.68. The molecule has 0 saturated heterocycles. The van der Waals surface area contributed by atoms with Gasteiger partial charge in [0.1, 0.15) is 12.4 Å². The number of hydrogen-bond donors (Lipinski definition) is 0. The number of nitrogens with zero attached hydrogens (tertiary/aromatic N) is 1. The van der Waals surface area contributed by atoms with Crippen LogP contribution in [0.15, 0.2) is 23.2 Å². The van der Waals surface area contributed by atoms with Crippen LogP contribution in [0.3, 0.4) is 0 Å². The van der Waals surface area contributed by atoms with E-state index in [0.717, 1.165) is 12.2 Å². The van der Waals surface area contributed by atoms with Gasteiger partial charge in [0.25, 0.3) is 5.88 Å². The molecule has 0 saturated carbocycles. The summed E-state index contributed by atoms with van der Waals surface area (Å²) in [6.45, 7) is 5.99. The Morgan fingerprint density at radius 3 is 3.18 bits per heavy atom. The number of aromatic nitrogens is 1. The van der Waals surface area contributed by atoms with Crippen LogP contribution in [-0.4, -0.2) is 11.8 Å². The highest BCUT2D eigenvalue weighted by Gasteiger charge is 2.00. The zero-order chi connectivity index (χ0) is 8.10. The second-order valence-corrected chi connectivity index (χ2v) is 2.08. The van der Waals surface area contributed by atoms with Crippen molar-refractivity contribution >= 4 is 0 Å². The molecule has 0 bridgehead atoms. The van der Waals surface area contributed by atoms with Crippen LogP contribution < -0.4 is 4.74 Å². The van der Waals surface area contributed by atoms with Crippen molar-refractivity contribution in [1.82, 2.24) is 5.16 Å². The molecular weight excluding hydrogens is 142 g/mol. The first-order valence-corrected chi connectivity index (χ1v) is 3.56. The molecule has 60 valence electrons. The maximum Gasteiger partial charge on any atom is 0.254 e. The second-order valence-electron chi connectivity index (χ2n) is 2.08. The van der Waals surface area contributed by atoms with E-state index in [9.17, 15) is 0 Å². The van der Waals surface area contributed by atoms with Crippen molar-refractivity contribution in [1.29, 1.82) is 0 Å². The van der Waals surface area contributed by atoms with Gasteiger partial charge in [0.15, 0.2) is 0 Å². The minimum atomic E-state index is 0.468. The Balaban J connectivity index is 2.50. The molecule has 0 aliphatic heterocycles. The molecule has 1 rings (SSSR count). The molecule has 11 heavy (non-hydrogen) atoms. The van der Waals surface area contributed by atoms with E-state index in [-0.39, 0.29) is 0 Å². The van der Waals surface area contributed by atoms with Crippen molar-refractivity contribution in [3.8, 4) is 5.88 Å². The fourth-order valence-electron chi connectivity index (χ4n) is 0.673. The maximum absolute atomic E-state index is 5.11. The van der Waals surface area contributed by atoms with Crippen molar-refractivity contribution in [2.24, 2.45) is 0 Å². The average molecular weight is 153 g/mol. The third-order valence-electron chi connectivity index (χ3n) is 1.23. The monoisotopic (exact) mass is 153 g/mol. The van der Waals surface area contributed by atoms with Gasteiger partial charge in [0, 0.05) is 12.5 Å². The highest BCUT2D eigenvalue weighted by atomic mass is 16.5. The third kappa shape index (κ3) is 2.11. The van der Waals surface area contributed by atoms with Crippen molar-refractivity contribution in [2.75, 3.05) is 6.61 Å². The molecule has 1 aromatic rings. The van der Waals surface area contributed by atoms with Gasteiger partial charge in [-0.3, -0.25) is 0 Å². The molecule has 0 amide bonds. The Morgan fingerprint density at radius 2 is 2.64 bits per heavy atom. The lowest BCUT2D eigenvalue weighted by molar-refractivity contribution is 0.303. The summed E-state index contributed by atoms with van der Waals surface area (Å²) < 4.78 is 10.0. The van der Waals surface area contributed by atoms with E-state index in [2.05, 4.69) is 11.7 Å².